The first-order valence-electron chi connectivity index (χ1n) is 2.77. The van der Waals surface area contributed by atoms with E-state index in [1.165, 1.54) is 17.5 Å². The molecular formula is C6H9NOS. The second kappa shape index (κ2) is 5.44. The molecule has 9 heavy (non-hydrogen) atoms. The van der Waals surface area contributed by atoms with Gasteiger partial charge in [0.1, 0.15) is 0 Å². The van der Waals surface area contributed by atoms with Crippen molar-refractivity contribution in [2.24, 2.45) is 0 Å². The molecule has 0 unspecified atom stereocenters. The van der Waals surface area contributed by atoms with Crippen molar-refractivity contribution in [3.05, 3.63) is 16.6 Å². The Hall–Kier alpha value is -0.700. The standard InChI is InChI=1S/C4H3NOS.C2H6/c6-2-4-1-5-3-7-4;1-2/h1-3H;1-2H3. The zero-order valence-electron chi connectivity index (χ0n) is 5.50. The van der Waals surface area contributed by atoms with Crippen molar-refractivity contribution < 1.29 is 4.79 Å². The van der Waals surface area contributed by atoms with Crippen molar-refractivity contribution in [3.63, 3.8) is 0 Å². The van der Waals surface area contributed by atoms with Crippen molar-refractivity contribution in [1.29, 1.82) is 0 Å². The van der Waals surface area contributed by atoms with Crippen LogP contribution >= 0.6 is 11.3 Å². The number of aldehydes is 1. The van der Waals surface area contributed by atoms with Gasteiger partial charge in [-0.3, -0.25) is 9.78 Å². The lowest BCUT2D eigenvalue weighted by atomic mass is 10.6. The number of rotatable bonds is 1. The van der Waals surface area contributed by atoms with Gasteiger partial charge in [-0.25, -0.2) is 0 Å². The monoisotopic (exact) mass is 143 g/mol. The second-order valence-electron chi connectivity index (χ2n) is 1.02. The lowest BCUT2D eigenvalue weighted by Gasteiger charge is -1.63. The summed E-state index contributed by atoms with van der Waals surface area (Å²) in [4.78, 5) is 14.2. The molecule has 3 heteroatoms. The van der Waals surface area contributed by atoms with Crippen LogP contribution in [-0.2, 0) is 0 Å². The summed E-state index contributed by atoms with van der Waals surface area (Å²) in [6, 6.07) is 0. The molecule has 1 heterocycles. The fourth-order valence-electron chi connectivity index (χ4n) is 0.284. The highest BCUT2D eigenvalue weighted by Gasteiger charge is 1.84. The van der Waals surface area contributed by atoms with Crippen LogP contribution in [0.1, 0.15) is 23.5 Å². The second-order valence-corrected chi connectivity index (χ2v) is 1.94. The zero-order valence-corrected chi connectivity index (χ0v) is 6.31. The molecule has 0 saturated heterocycles. The van der Waals surface area contributed by atoms with Gasteiger partial charge in [-0.05, 0) is 0 Å². The summed E-state index contributed by atoms with van der Waals surface area (Å²) in [6.07, 6.45) is 2.33. The Morgan fingerprint density at radius 1 is 1.67 bits per heavy atom. The van der Waals surface area contributed by atoms with Gasteiger partial charge in [0.25, 0.3) is 0 Å². The molecule has 1 aromatic heterocycles. The predicted molar refractivity (Wildman–Crippen MR) is 38.8 cm³/mol. The first-order chi connectivity index (χ1) is 4.43. The summed E-state index contributed by atoms with van der Waals surface area (Å²) in [7, 11) is 0. The number of hydrogen-bond acceptors (Lipinski definition) is 3. The number of carbonyl (C=O) groups is 1. The lowest BCUT2D eigenvalue weighted by molar-refractivity contribution is 0.112. The number of aromatic nitrogens is 1. The molecular weight excluding hydrogens is 134 g/mol. The summed E-state index contributed by atoms with van der Waals surface area (Å²) in [5, 5.41) is 0. The summed E-state index contributed by atoms with van der Waals surface area (Å²) in [5.41, 5.74) is 1.63. The molecule has 0 spiro atoms. The molecule has 0 fully saturated rings. The Kier molecular flexibility index (Phi) is 5.01. The van der Waals surface area contributed by atoms with Gasteiger partial charge in [0.2, 0.25) is 0 Å². The molecule has 0 aliphatic rings. The first-order valence-corrected chi connectivity index (χ1v) is 3.65. The summed E-state index contributed by atoms with van der Waals surface area (Å²) < 4.78 is 0. The molecule has 0 atom stereocenters. The molecule has 50 valence electrons. The van der Waals surface area contributed by atoms with E-state index in [0.717, 1.165) is 6.29 Å². The number of thiazole rings is 1. The molecule has 0 bridgehead atoms. The van der Waals surface area contributed by atoms with Crippen LogP contribution in [0.5, 0.6) is 0 Å². The van der Waals surface area contributed by atoms with Gasteiger partial charge in [-0.1, -0.05) is 13.8 Å². The van der Waals surface area contributed by atoms with Crippen LogP contribution < -0.4 is 0 Å². The van der Waals surface area contributed by atoms with E-state index in [-0.39, 0.29) is 0 Å². The molecule has 1 aromatic rings. The van der Waals surface area contributed by atoms with Crippen LogP contribution in [0.25, 0.3) is 0 Å². The van der Waals surface area contributed by atoms with Crippen LogP contribution in [0.3, 0.4) is 0 Å². The van der Waals surface area contributed by atoms with E-state index in [4.69, 9.17) is 0 Å². The van der Waals surface area contributed by atoms with Gasteiger partial charge in [0.15, 0.2) is 6.29 Å². The number of hydrogen-bond donors (Lipinski definition) is 0. The molecule has 2 nitrogen and oxygen atoms in total. The quantitative estimate of drug-likeness (QED) is 0.563. The van der Waals surface area contributed by atoms with Gasteiger partial charge in [-0.15, -0.1) is 11.3 Å². The minimum atomic E-state index is 0.681. The predicted octanol–water partition coefficient (Wildman–Crippen LogP) is 1.98. The van der Waals surface area contributed by atoms with Crippen molar-refractivity contribution in [3.8, 4) is 0 Å². The maximum absolute atomic E-state index is 9.84. The third kappa shape index (κ3) is 2.98. The fraction of sp³-hybridized carbons (Fsp3) is 0.333. The van der Waals surface area contributed by atoms with E-state index in [1.807, 2.05) is 13.8 Å². The third-order valence-corrected chi connectivity index (χ3v) is 1.27. The normalized spacial score (nSPS) is 7.33. The molecule has 0 aliphatic carbocycles. The smallest absolute Gasteiger partial charge is 0.161 e. The van der Waals surface area contributed by atoms with E-state index in [0.29, 0.717) is 4.88 Å². The average Bonchev–Trinajstić information content (AvgIpc) is 2.43. The van der Waals surface area contributed by atoms with Crippen molar-refractivity contribution in [2.75, 3.05) is 0 Å². The molecule has 0 N–H and O–H groups in total. The average molecular weight is 143 g/mol. The maximum atomic E-state index is 9.84. The Labute approximate surface area is 58.6 Å². The van der Waals surface area contributed by atoms with Crippen LogP contribution in [0.2, 0.25) is 0 Å². The van der Waals surface area contributed by atoms with Gasteiger partial charge < -0.3 is 0 Å². The van der Waals surface area contributed by atoms with E-state index in [1.54, 1.807) is 5.51 Å². The summed E-state index contributed by atoms with van der Waals surface area (Å²) in [5.74, 6) is 0. The Morgan fingerprint density at radius 2 is 2.33 bits per heavy atom. The van der Waals surface area contributed by atoms with Crippen molar-refractivity contribution in [2.45, 2.75) is 13.8 Å². The van der Waals surface area contributed by atoms with Gasteiger partial charge in [0, 0.05) is 6.20 Å². The topological polar surface area (TPSA) is 30.0 Å². The molecule has 0 amide bonds. The van der Waals surface area contributed by atoms with Crippen molar-refractivity contribution >= 4 is 17.6 Å². The van der Waals surface area contributed by atoms with Crippen LogP contribution in [-0.4, -0.2) is 11.3 Å². The third-order valence-electron chi connectivity index (χ3n) is 0.568. The van der Waals surface area contributed by atoms with E-state index >= 15 is 0 Å². The number of carbonyl (C=O) groups excluding carboxylic acids is 1. The van der Waals surface area contributed by atoms with E-state index in [2.05, 4.69) is 4.98 Å². The lowest BCUT2D eigenvalue weighted by Crippen LogP contribution is -1.63. The maximum Gasteiger partial charge on any atom is 0.161 e. The summed E-state index contributed by atoms with van der Waals surface area (Å²) in [6.45, 7) is 4.00. The van der Waals surface area contributed by atoms with Gasteiger partial charge in [-0.2, -0.15) is 0 Å². The largest absolute Gasteiger partial charge is 0.297 e. The van der Waals surface area contributed by atoms with E-state index in [9.17, 15) is 4.79 Å². The molecule has 0 radical (unpaired) electrons. The first kappa shape index (κ1) is 8.30. The zero-order chi connectivity index (χ0) is 7.11. The molecule has 1 rings (SSSR count). The Balaban J connectivity index is 0.000000291. The highest BCUT2D eigenvalue weighted by Crippen LogP contribution is 1.99. The van der Waals surface area contributed by atoms with Crippen LogP contribution in [0.4, 0.5) is 0 Å². The molecule has 0 aromatic carbocycles. The summed E-state index contributed by atoms with van der Waals surface area (Å²) >= 11 is 1.34. The van der Waals surface area contributed by atoms with Gasteiger partial charge in [0.05, 0.1) is 10.4 Å². The molecule has 0 aliphatic heterocycles. The fourth-order valence-corrected chi connectivity index (χ4v) is 0.705. The number of nitrogens with zero attached hydrogens (tertiary/aromatic N) is 1. The van der Waals surface area contributed by atoms with E-state index < -0.39 is 0 Å². The highest BCUT2D eigenvalue weighted by molar-refractivity contribution is 7.11. The van der Waals surface area contributed by atoms with Crippen LogP contribution in [0, 0.1) is 0 Å². The highest BCUT2D eigenvalue weighted by atomic mass is 32.1. The Bertz CT molecular complexity index is 148. The Morgan fingerprint density at radius 3 is 2.56 bits per heavy atom. The van der Waals surface area contributed by atoms with Gasteiger partial charge >= 0.3 is 0 Å². The minimum absolute atomic E-state index is 0.681. The molecule has 0 saturated carbocycles. The minimum Gasteiger partial charge on any atom is -0.297 e. The SMILES string of the molecule is CC.O=Cc1cncs1. The van der Waals surface area contributed by atoms with Crippen LogP contribution in [0.15, 0.2) is 11.7 Å². The van der Waals surface area contributed by atoms with Crippen molar-refractivity contribution in [1.82, 2.24) is 4.98 Å².